The average Bonchev–Trinajstić information content (AvgIpc) is 2.14. The summed E-state index contributed by atoms with van der Waals surface area (Å²) in [5.74, 6) is 0. The first-order valence-corrected chi connectivity index (χ1v) is 6.73. The van der Waals surface area contributed by atoms with E-state index in [4.69, 9.17) is 0 Å². The molecule has 0 amide bonds. The van der Waals surface area contributed by atoms with Crippen molar-refractivity contribution in [3.63, 3.8) is 0 Å². The maximum atomic E-state index is 2.26. The van der Waals surface area contributed by atoms with Gasteiger partial charge in [0.1, 0.15) is 0 Å². The predicted octanol–water partition coefficient (Wildman–Crippen LogP) is 2.39. The second-order valence-corrected chi connectivity index (χ2v) is 6.02. The summed E-state index contributed by atoms with van der Waals surface area (Å²) in [6.45, 7) is 6.56. The molecule has 0 atom stereocenters. The van der Waals surface area contributed by atoms with Crippen molar-refractivity contribution >= 4 is 19.1 Å². The van der Waals surface area contributed by atoms with E-state index in [0.29, 0.717) is 0 Å². The quantitative estimate of drug-likeness (QED) is 0.760. The van der Waals surface area contributed by atoms with Crippen molar-refractivity contribution in [3.05, 3.63) is 28.8 Å². The maximum Gasteiger partial charge on any atom is 0.0903 e. The van der Waals surface area contributed by atoms with Gasteiger partial charge in [-0.3, -0.25) is 9.80 Å². The molecular weight excluding hydrogens is 227 g/mol. The summed E-state index contributed by atoms with van der Waals surface area (Å²) >= 11 is 0. The number of nitrogens with zero attached hydrogens (tertiary/aromatic N) is 2. The van der Waals surface area contributed by atoms with Gasteiger partial charge in [-0.2, -0.15) is 0 Å². The van der Waals surface area contributed by atoms with E-state index in [2.05, 4.69) is 70.9 Å². The van der Waals surface area contributed by atoms with Crippen LogP contribution < -0.4 is 5.30 Å². The highest BCUT2D eigenvalue weighted by atomic mass is 31.1. The standard InChI is InChI=1S/C14H23N2P/c1-10-8-11(2)13(12(3)9-10)17-14(15(4)5)16(6)7/h8-9H,1-7H3. The van der Waals surface area contributed by atoms with Crippen LogP contribution in [0.5, 0.6) is 0 Å². The third-order valence-corrected chi connectivity index (χ3v) is 4.58. The zero-order chi connectivity index (χ0) is 13.2. The van der Waals surface area contributed by atoms with Crippen LogP contribution in [0.4, 0.5) is 0 Å². The molecule has 2 nitrogen and oxygen atoms in total. The molecule has 0 bridgehead atoms. The van der Waals surface area contributed by atoms with Crippen molar-refractivity contribution in [2.24, 2.45) is 0 Å². The lowest BCUT2D eigenvalue weighted by Crippen LogP contribution is -2.34. The zero-order valence-electron chi connectivity index (χ0n) is 12.0. The van der Waals surface area contributed by atoms with E-state index in [1.807, 2.05) is 0 Å². The molecule has 1 aromatic rings. The normalized spacial score (nSPS) is 11.6. The number of hydrogen-bond acceptors (Lipinski definition) is 0. The van der Waals surface area contributed by atoms with E-state index in [1.54, 1.807) is 0 Å². The molecule has 0 aliphatic rings. The third kappa shape index (κ3) is 3.64. The van der Waals surface area contributed by atoms with E-state index in [0.717, 1.165) is 0 Å². The Balaban J connectivity index is 3.29. The van der Waals surface area contributed by atoms with E-state index in [-0.39, 0.29) is 0 Å². The van der Waals surface area contributed by atoms with Crippen LogP contribution in [0.2, 0.25) is 0 Å². The maximum absolute atomic E-state index is 2.26. The number of aryl methyl sites for hydroxylation is 3. The minimum atomic E-state index is 1.28. The molecule has 0 saturated carbocycles. The van der Waals surface area contributed by atoms with Gasteiger partial charge in [-0.05, 0) is 68.3 Å². The molecule has 94 valence electrons. The Morgan fingerprint density at radius 3 is 1.65 bits per heavy atom. The molecule has 3 heteroatoms. The Labute approximate surface area is 107 Å². The van der Waals surface area contributed by atoms with Gasteiger partial charge in [-0.25, -0.2) is 0 Å². The second kappa shape index (κ2) is 5.77. The van der Waals surface area contributed by atoms with Crippen molar-refractivity contribution in [3.8, 4) is 0 Å². The largest absolute Gasteiger partial charge is 0.268 e. The molecule has 0 aliphatic heterocycles. The Hall–Kier alpha value is -0.690. The van der Waals surface area contributed by atoms with Gasteiger partial charge in [0.25, 0.3) is 0 Å². The Morgan fingerprint density at radius 2 is 1.29 bits per heavy atom. The van der Waals surface area contributed by atoms with Crippen LogP contribution >= 0.6 is 8.20 Å². The fourth-order valence-electron chi connectivity index (χ4n) is 2.05. The fourth-order valence-corrected chi connectivity index (χ4v) is 3.13. The van der Waals surface area contributed by atoms with Gasteiger partial charge in [-0.15, -0.1) is 0 Å². The molecule has 0 N–H and O–H groups in total. The minimum Gasteiger partial charge on any atom is -0.268 e. The van der Waals surface area contributed by atoms with Crippen LogP contribution in [-0.2, 0) is 0 Å². The number of rotatable bonds is 3. The van der Waals surface area contributed by atoms with Gasteiger partial charge in [0.05, 0.1) is 5.54 Å². The van der Waals surface area contributed by atoms with Crippen molar-refractivity contribution < 1.29 is 0 Å². The third-order valence-electron chi connectivity index (χ3n) is 2.65. The molecule has 1 rings (SSSR count). The molecule has 0 unspecified atom stereocenters. The van der Waals surface area contributed by atoms with Gasteiger partial charge in [0.2, 0.25) is 0 Å². The predicted molar refractivity (Wildman–Crippen MR) is 79.6 cm³/mol. The Bertz CT molecular complexity index is 401. The summed E-state index contributed by atoms with van der Waals surface area (Å²) in [7, 11) is 9.67. The zero-order valence-corrected chi connectivity index (χ0v) is 12.9. The lowest BCUT2D eigenvalue weighted by atomic mass is 10.1. The summed E-state index contributed by atoms with van der Waals surface area (Å²) in [4.78, 5) is 4.36. The first-order valence-electron chi connectivity index (χ1n) is 5.84. The van der Waals surface area contributed by atoms with Gasteiger partial charge in [0.15, 0.2) is 0 Å². The van der Waals surface area contributed by atoms with E-state index < -0.39 is 0 Å². The summed E-state index contributed by atoms with van der Waals surface area (Å²) in [5.41, 5.74) is 5.41. The van der Waals surface area contributed by atoms with E-state index in [9.17, 15) is 0 Å². The van der Waals surface area contributed by atoms with Crippen molar-refractivity contribution in [1.29, 1.82) is 0 Å². The first-order chi connectivity index (χ1) is 7.82. The van der Waals surface area contributed by atoms with Crippen LogP contribution in [-0.4, -0.2) is 43.5 Å². The fraction of sp³-hybridized carbons (Fsp3) is 0.500. The van der Waals surface area contributed by atoms with Crippen LogP contribution in [0.15, 0.2) is 12.1 Å². The Kier molecular flexibility index (Phi) is 4.88. The molecule has 0 saturated heterocycles. The van der Waals surface area contributed by atoms with Crippen LogP contribution in [0.3, 0.4) is 0 Å². The molecule has 0 aromatic heterocycles. The van der Waals surface area contributed by atoms with Gasteiger partial charge in [-0.1, -0.05) is 17.7 Å². The van der Waals surface area contributed by atoms with Crippen LogP contribution in [0, 0.1) is 20.8 Å². The van der Waals surface area contributed by atoms with Crippen molar-refractivity contribution in [2.45, 2.75) is 20.8 Å². The molecular formula is C14H23N2P. The highest BCUT2D eigenvalue weighted by Crippen LogP contribution is 2.14. The lowest BCUT2D eigenvalue weighted by Gasteiger charge is -2.21. The van der Waals surface area contributed by atoms with Crippen molar-refractivity contribution in [2.75, 3.05) is 28.2 Å². The summed E-state index contributed by atoms with van der Waals surface area (Å²) in [6, 6.07) is 4.52. The van der Waals surface area contributed by atoms with Gasteiger partial charge in [0, 0.05) is 5.30 Å². The lowest BCUT2D eigenvalue weighted by molar-refractivity contribution is 0.500. The van der Waals surface area contributed by atoms with E-state index >= 15 is 0 Å². The summed E-state index contributed by atoms with van der Waals surface area (Å²) in [5, 5.41) is 1.42. The average molecular weight is 250 g/mol. The highest BCUT2D eigenvalue weighted by molar-refractivity contribution is 7.49. The molecule has 0 heterocycles. The van der Waals surface area contributed by atoms with Crippen molar-refractivity contribution in [1.82, 2.24) is 9.80 Å². The number of hydrogen-bond donors (Lipinski definition) is 0. The first kappa shape index (κ1) is 14.4. The van der Waals surface area contributed by atoms with E-state index in [1.165, 1.54) is 35.7 Å². The smallest absolute Gasteiger partial charge is 0.0903 e. The Morgan fingerprint density at radius 1 is 0.882 bits per heavy atom. The van der Waals surface area contributed by atoms with Gasteiger partial charge < -0.3 is 0 Å². The molecule has 0 fully saturated rings. The minimum absolute atomic E-state index is 1.28. The summed E-state index contributed by atoms with van der Waals surface area (Å²) in [6.07, 6.45) is 0. The van der Waals surface area contributed by atoms with Crippen LogP contribution in [0.1, 0.15) is 16.7 Å². The molecule has 0 aliphatic carbocycles. The molecule has 0 spiro atoms. The number of benzene rings is 1. The van der Waals surface area contributed by atoms with Gasteiger partial charge >= 0.3 is 0 Å². The molecule has 17 heavy (non-hydrogen) atoms. The van der Waals surface area contributed by atoms with Crippen LogP contribution in [0.25, 0.3) is 0 Å². The SMILES string of the molecule is Cc1cc(C)c(P=C(N(C)C)N(C)C)c(C)c1. The second-order valence-electron chi connectivity index (χ2n) is 4.95. The highest BCUT2D eigenvalue weighted by Gasteiger charge is 2.08. The molecule has 0 radical (unpaired) electrons. The topological polar surface area (TPSA) is 6.48 Å². The summed E-state index contributed by atoms with van der Waals surface area (Å²) < 4.78 is 0. The molecule has 1 aromatic carbocycles. The monoisotopic (exact) mass is 250 g/mol.